The Morgan fingerprint density at radius 3 is 2.53 bits per heavy atom. The Bertz CT molecular complexity index is 949. The molecule has 1 aliphatic heterocycles. The van der Waals surface area contributed by atoms with Crippen molar-refractivity contribution in [1.29, 1.82) is 0 Å². The van der Waals surface area contributed by atoms with Crippen molar-refractivity contribution in [3.05, 3.63) is 69.2 Å². The molecule has 158 valence electrons. The Kier molecular flexibility index (Phi) is 7.71. The van der Waals surface area contributed by atoms with E-state index in [-0.39, 0.29) is 28.9 Å². The molecular weight excluding hydrogens is 425 g/mol. The van der Waals surface area contributed by atoms with Crippen LogP contribution in [0, 0.1) is 0 Å². The maximum absolute atomic E-state index is 12.4. The van der Waals surface area contributed by atoms with Crippen molar-refractivity contribution >= 4 is 40.9 Å². The number of nitrogens with one attached hydrogen (secondary N) is 2. The molecule has 1 heterocycles. The maximum atomic E-state index is 12.4. The van der Waals surface area contributed by atoms with Gasteiger partial charge in [0.15, 0.2) is 0 Å². The van der Waals surface area contributed by atoms with Crippen LogP contribution in [0.15, 0.2) is 42.5 Å². The van der Waals surface area contributed by atoms with Gasteiger partial charge in [-0.15, -0.1) is 0 Å². The number of fused-ring (bicyclic) bond motifs is 1. The third-order valence-electron chi connectivity index (χ3n) is 4.96. The van der Waals surface area contributed by atoms with E-state index in [1.165, 1.54) is 23.3 Å². The molecule has 0 radical (unpaired) electrons. The van der Waals surface area contributed by atoms with E-state index in [4.69, 9.17) is 23.2 Å². The summed E-state index contributed by atoms with van der Waals surface area (Å²) in [7, 11) is 0. The molecule has 0 aromatic heterocycles. The normalized spacial score (nSPS) is 12.8. The fraction of sp³-hybridized carbons (Fsp3) is 0.318. The van der Waals surface area contributed by atoms with Crippen molar-refractivity contribution in [1.82, 2.24) is 15.5 Å². The molecule has 0 unspecified atom stereocenters. The van der Waals surface area contributed by atoms with Gasteiger partial charge in [0, 0.05) is 31.1 Å². The van der Waals surface area contributed by atoms with E-state index in [1.54, 1.807) is 6.07 Å². The summed E-state index contributed by atoms with van der Waals surface area (Å²) < 4.78 is 0. The Labute approximate surface area is 185 Å². The van der Waals surface area contributed by atoms with E-state index in [0.29, 0.717) is 31.0 Å². The number of hydrogen-bond acceptors (Lipinski definition) is 3. The molecule has 0 aliphatic carbocycles. The van der Waals surface area contributed by atoms with Crippen LogP contribution in [0.25, 0.3) is 0 Å². The first kappa shape index (κ1) is 22.1. The number of carbonyl (C=O) groups excluding carboxylic acids is 3. The van der Waals surface area contributed by atoms with Crippen LogP contribution in [0.4, 0.5) is 0 Å². The number of hydrogen-bond donors (Lipinski definition) is 2. The highest BCUT2D eigenvalue weighted by Gasteiger charge is 2.19. The average molecular weight is 448 g/mol. The van der Waals surface area contributed by atoms with E-state index in [9.17, 15) is 14.4 Å². The number of rotatable bonds is 7. The Balaban J connectivity index is 1.34. The highest BCUT2D eigenvalue weighted by Crippen LogP contribution is 2.21. The lowest BCUT2D eigenvalue weighted by atomic mass is 9.99. The predicted octanol–water partition coefficient (Wildman–Crippen LogP) is 3.20. The van der Waals surface area contributed by atoms with Crippen LogP contribution >= 0.6 is 23.2 Å². The Morgan fingerprint density at radius 2 is 1.77 bits per heavy atom. The number of halogens is 2. The Morgan fingerprint density at radius 1 is 1.00 bits per heavy atom. The fourth-order valence-corrected chi connectivity index (χ4v) is 3.82. The van der Waals surface area contributed by atoms with Crippen LogP contribution in [0.5, 0.6) is 0 Å². The SMILES string of the molecule is O=C(CNC(=O)c1ccc(Cl)cc1Cl)NCCCC(=O)N1CCc2ccccc2C1. The first-order valence-electron chi connectivity index (χ1n) is 9.78. The zero-order valence-corrected chi connectivity index (χ0v) is 17.9. The molecule has 6 nitrogen and oxygen atoms in total. The van der Waals surface area contributed by atoms with Gasteiger partial charge in [0.2, 0.25) is 11.8 Å². The largest absolute Gasteiger partial charge is 0.355 e. The predicted molar refractivity (Wildman–Crippen MR) is 117 cm³/mol. The molecule has 2 N–H and O–H groups in total. The molecule has 2 aromatic rings. The summed E-state index contributed by atoms with van der Waals surface area (Å²) >= 11 is 11.8. The van der Waals surface area contributed by atoms with Crippen molar-refractivity contribution in [3.8, 4) is 0 Å². The lowest BCUT2D eigenvalue weighted by molar-refractivity contribution is -0.132. The van der Waals surface area contributed by atoms with Crippen molar-refractivity contribution < 1.29 is 14.4 Å². The van der Waals surface area contributed by atoms with E-state index < -0.39 is 5.91 Å². The van der Waals surface area contributed by atoms with Crippen LogP contribution < -0.4 is 10.6 Å². The van der Waals surface area contributed by atoms with E-state index >= 15 is 0 Å². The number of benzene rings is 2. The van der Waals surface area contributed by atoms with Crippen molar-refractivity contribution in [2.45, 2.75) is 25.8 Å². The van der Waals surface area contributed by atoms with Crippen LogP contribution in [-0.4, -0.2) is 42.3 Å². The third-order valence-corrected chi connectivity index (χ3v) is 5.51. The van der Waals surface area contributed by atoms with Gasteiger partial charge < -0.3 is 15.5 Å². The van der Waals surface area contributed by atoms with Gasteiger partial charge >= 0.3 is 0 Å². The molecule has 0 fully saturated rings. The first-order valence-corrected chi connectivity index (χ1v) is 10.5. The van der Waals surface area contributed by atoms with Crippen LogP contribution in [0.3, 0.4) is 0 Å². The van der Waals surface area contributed by atoms with Crippen LogP contribution in [0.2, 0.25) is 10.0 Å². The lowest BCUT2D eigenvalue weighted by Gasteiger charge is -2.29. The van der Waals surface area contributed by atoms with Crippen molar-refractivity contribution in [2.75, 3.05) is 19.6 Å². The smallest absolute Gasteiger partial charge is 0.253 e. The zero-order chi connectivity index (χ0) is 21.5. The van der Waals surface area contributed by atoms with Gasteiger partial charge in [-0.05, 0) is 42.2 Å². The lowest BCUT2D eigenvalue weighted by Crippen LogP contribution is -2.38. The summed E-state index contributed by atoms with van der Waals surface area (Å²) in [6.07, 6.45) is 1.78. The maximum Gasteiger partial charge on any atom is 0.253 e. The fourth-order valence-electron chi connectivity index (χ4n) is 3.33. The van der Waals surface area contributed by atoms with Gasteiger partial charge in [-0.2, -0.15) is 0 Å². The second kappa shape index (κ2) is 10.5. The van der Waals surface area contributed by atoms with E-state index in [1.807, 2.05) is 17.0 Å². The summed E-state index contributed by atoms with van der Waals surface area (Å²) in [6.45, 7) is 1.56. The molecule has 3 amide bonds. The van der Waals surface area contributed by atoms with Crippen LogP contribution in [-0.2, 0) is 22.6 Å². The minimum atomic E-state index is -0.452. The van der Waals surface area contributed by atoms with Gasteiger partial charge in [0.25, 0.3) is 5.91 Å². The minimum absolute atomic E-state index is 0.0874. The molecule has 0 atom stereocenters. The molecule has 2 aromatic carbocycles. The monoisotopic (exact) mass is 447 g/mol. The topological polar surface area (TPSA) is 78.5 Å². The standard InChI is InChI=1S/C22H23Cl2N3O3/c23-17-7-8-18(19(24)12-17)22(30)26-13-20(28)25-10-3-6-21(29)27-11-9-15-4-1-2-5-16(15)14-27/h1-2,4-5,7-8,12H,3,6,9-11,13-14H2,(H,25,28)(H,26,30). The molecular formula is C22H23Cl2N3O3. The van der Waals surface area contributed by atoms with Gasteiger partial charge in [-0.25, -0.2) is 0 Å². The number of nitrogens with zero attached hydrogens (tertiary/aromatic N) is 1. The van der Waals surface area contributed by atoms with Gasteiger partial charge in [-0.3, -0.25) is 14.4 Å². The van der Waals surface area contributed by atoms with Gasteiger partial charge in [-0.1, -0.05) is 47.5 Å². The van der Waals surface area contributed by atoms with E-state index in [2.05, 4.69) is 22.8 Å². The summed E-state index contributed by atoms with van der Waals surface area (Å²) in [6, 6.07) is 12.7. The molecule has 30 heavy (non-hydrogen) atoms. The number of carbonyl (C=O) groups is 3. The van der Waals surface area contributed by atoms with E-state index in [0.717, 1.165) is 13.0 Å². The highest BCUT2D eigenvalue weighted by atomic mass is 35.5. The minimum Gasteiger partial charge on any atom is -0.355 e. The molecule has 8 heteroatoms. The second-order valence-electron chi connectivity index (χ2n) is 7.09. The average Bonchev–Trinajstić information content (AvgIpc) is 2.74. The molecule has 0 saturated heterocycles. The summed E-state index contributed by atoms with van der Waals surface area (Å²) in [5.74, 6) is -0.690. The van der Waals surface area contributed by atoms with Gasteiger partial charge in [0.1, 0.15) is 0 Å². The van der Waals surface area contributed by atoms with Gasteiger partial charge in [0.05, 0.1) is 17.1 Å². The summed E-state index contributed by atoms with van der Waals surface area (Å²) in [5, 5.41) is 5.87. The highest BCUT2D eigenvalue weighted by molar-refractivity contribution is 6.36. The van der Waals surface area contributed by atoms with Crippen LogP contribution in [0.1, 0.15) is 34.3 Å². The second-order valence-corrected chi connectivity index (χ2v) is 7.94. The zero-order valence-electron chi connectivity index (χ0n) is 16.4. The van der Waals surface area contributed by atoms with Crippen molar-refractivity contribution in [3.63, 3.8) is 0 Å². The number of amides is 3. The molecule has 3 rings (SSSR count). The molecule has 0 saturated carbocycles. The molecule has 0 bridgehead atoms. The Hall–Kier alpha value is -2.57. The molecule has 1 aliphatic rings. The van der Waals surface area contributed by atoms with Crippen molar-refractivity contribution in [2.24, 2.45) is 0 Å². The summed E-state index contributed by atoms with van der Waals surface area (Å²) in [5.41, 5.74) is 2.75. The molecule has 0 spiro atoms. The quantitative estimate of drug-likeness (QED) is 0.639. The first-order chi connectivity index (χ1) is 14.4. The summed E-state index contributed by atoms with van der Waals surface area (Å²) in [4.78, 5) is 38.3. The third kappa shape index (κ3) is 5.97.